The van der Waals surface area contributed by atoms with Crippen LogP contribution in [0.1, 0.15) is 0 Å². The molecule has 0 saturated heterocycles. The van der Waals surface area contributed by atoms with Crippen LogP contribution in [0.5, 0.6) is 0 Å². The van der Waals surface area contributed by atoms with Crippen molar-refractivity contribution < 1.29 is 0 Å². The van der Waals surface area contributed by atoms with Crippen molar-refractivity contribution in [3.8, 4) is 0 Å². The zero-order valence-corrected chi connectivity index (χ0v) is 8.89. The second-order valence-electron chi connectivity index (χ2n) is 2.29. The fraction of sp³-hybridized carbons (Fsp3) is 0.286. The lowest BCUT2D eigenvalue weighted by atomic mass is 10.9. The molecule has 13 heavy (non-hydrogen) atoms. The van der Waals surface area contributed by atoms with E-state index in [0.29, 0.717) is 5.78 Å². The van der Waals surface area contributed by atoms with Gasteiger partial charge in [-0.05, 0) is 12.5 Å². The smallest absolute Gasteiger partial charge is 0.238 e. The molecule has 0 amide bonds. The molecule has 0 bridgehead atoms. The Morgan fingerprint density at radius 2 is 2.08 bits per heavy atom. The molecule has 0 fully saturated rings. The van der Waals surface area contributed by atoms with E-state index in [1.807, 2.05) is 23.1 Å². The minimum atomic E-state index is 0.712. The van der Waals surface area contributed by atoms with Crippen LogP contribution in [0, 0.1) is 0 Å². The standard InChI is InChI=1S/C7H8N4S2/c1-12-6-9-5-8-3-4-11(5)7(10-6)13-2/h3-4H,1-2H3. The molecule has 0 atom stereocenters. The lowest BCUT2D eigenvalue weighted by molar-refractivity contribution is 0.783. The maximum Gasteiger partial charge on any atom is 0.238 e. The second-order valence-corrected chi connectivity index (χ2v) is 3.84. The summed E-state index contributed by atoms with van der Waals surface area (Å²) in [6.07, 6.45) is 7.55. The highest BCUT2D eigenvalue weighted by Crippen LogP contribution is 2.17. The van der Waals surface area contributed by atoms with Gasteiger partial charge in [0.2, 0.25) is 5.78 Å². The normalized spacial score (nSPS) is 10.9. The first kappa shape index (κ1) is 8.83. The van der Waals surface area contributed by atoms with Crippen LogP contribution in [0.4, 0.5) is 0 Å². The third-order valence-electron chi connectivity index (χ3n) is 1.58. The van der Waals surface area contributed by atoms with E-state index in [0.717, 1.165) is 10.3 Å². The van der Waals surface area contributed by atoms with Crippen LogP contribution >= 0.6 is 23.5 Å². The number of rotatable bonds is 2. The summed E-state index contributed by atoms with van der Waals surface area (Å²) in [4.78, 5) is 12.7. The Labute approximate surface area is 84.2 Å². The summed E-state index contributed by atoms with van der Waals surface area (Å²) < 4.78 is 1.88. The highest BCUT2D eigenvalue weighted by atomic mass is 32.2. The predicted molar refractivity (Wildman–Crippen MR) is 54.3 cm³/mol. The Morgan fingerprint density at radius 3 is 2.77 bits per heavy atom. The SMILES string of the molecule is CSc1nc(SC)n2ccnc2n1. The fourth-order valence-corrected chi connectivity index (χ4v) is 1.93. The number of aromatic nitrogens is 4. The van der Waals surface area contributed by atoms with Crippen molar-refractivity contribution in [1.29, 1.82) is 0 Å². The second kappa shape index (κ2) is 3.55. The number of hydrogen-bond donors (Lipinski definition) is 0. The molecule has 0 aliphatic heterocycles. The summed E-state index contributed by atoms with van der Waals surface area (Å²) in [5.41, 5.74) is 0. The highest BCUT2D eigenvalue weighted by molar-refractivity contribution is 7.99. The van der Waals surface area contributed by atoms with Gasteiger partial charge in [0.25, 0.3) is 0 Å². The Hall–Kier alpha value is -0.750. The van der Waals surface area contributed by atoms with Gasteiger partial charge in [-0.25, -0.2) is 4.98 Å². The van der Waals surface area contributed by atoms with Crippen LogP contribution in [-0.2, 0) is 0 Å². The maximum absolute atomic E-state index is 4.35. The minimum absolute atomic E-state index is 0.712. The van der Waals surface area contributed by atoms with Crippen molar-refractivity contribution >= 4 is 29.3 Å². The van der Waals surface area contributed by atoms with Gasteiger partial charge < -0.3 is 0 Å². The molecule has 2 aromatic heterocycles. The van der Waals surface area contributed by atoms with E-state index < -0.39 is 0 Å². The summed E-state index contributed by atoms with van der Waals surface area (Å²) in [5, 5.41) is 1.69. The average molecular weight is 212 g/mol. The topological polar surface area (TPSA) is 43.1 Å². The molecule has 4 nitrogen and oxygen atoms in total. The van der Waals surface area contributed by atoms with E-state index in [-0.39, 0.29) is 0 Å². The zero-order chi connectivity index (χ0) is 9.26. The van der Waals surface area contributed by atoms with Crippen molar-refractivity contribution in [1.82, 2.24) is 19.4 Å². The Bertz CT molecular complexity index is 425. The van der Waals surface area contributed by atoms with Gasteiger partial charge in [-0.3, -0.25) is 4.40 Å². The fourth-order valence-electron chi connectivity index (χ4n) is 1.01. The average Bonchev–Trinajstić information content (AvgIpc) is 2.63. The van der Waals surface area contributed by atoms with E-state index in [4.69, 9.17) is 0 Å². The van der Waals surface area contributed by atoms with E-state index in [2.05, 4.69) is 15.0 Å². The van der Waals surface area contributed by atoms with Gasteiger partial charge in [0, 0.05) is 12.4 Å². The molecule has 2 rings (SSSR count). The molecule has 0 N–H and O–H groups in total. The molecule has 6 heteroatoms. The molecule has 0 radical (unpaired) electrons. The third kappa shape index (κ3) is 1.51. The summed E-state index contributed by atoms with van der Waals surface area (Å²) in [5.74, 6) is 0.712. The molecule has 0 aromatic carbocycles. The van der Waals surface area contributed by atoms with Gasteiger partial charge >= 0.3 is 0 Å². The molecule has 68 valence electrons. The van der Waals surface area contributed by atoms with Crippen molar-refractivity contribution in [2.45, 2.75) is 10.3 Å². The zero-order valence-electron chi connectivity index (χ0n) is 7.26. The van der Waals surface area contributed by atoms with Gasteiger partial charge in [0.05, 0.1) is 0 Å². The van der Waals surface area contributed by atoms with Crippen molar-refractivity contribution in [3.05, 3.63) is 12.4 Å². The maximum atomic E-state index is 4.35. The quantitative estimate of drug-likeness (QED) is 0.707. The van der Waals surface area contributed by atoms with E-state index in [9.17, 15) is 0 Å². The molecule has 0 unspecified atom stereocenters. The molecular weight excluding hydrogens is 204 g/mol. The minimum Gasteiger partial charge on any atom is -0.263 e. The summed E-state index contributed by atoms with van der Waals surface area (Å²) >= 11 is 3.12. The number of imidazole rings is 1. The van der Waals surface area contributed by atoms with Crippen molar-refractivity contribution in [2.24, 2.45) is 0 Å². The summed E-state index contributed by atoms with van der Waals surface area (Å²) in [7, 11) is 0. The largest absolute Gasteiger partial charge is 0.263 e. The van der Waals surface area contributed by atoms with Crippen LogP contribution in [0.25, 0.3) is 5.78 Å². The van der Waals surface area contributed by atoms with E-state index in [1.54, 1.807) is 18.0 Å². The lowest BCUT2D eigenvalue weighted by Crippen LogP contribution is -1.98. The predicted octanol–water partition coefficient (Wildman–Crippen LogP) is 1.57. The number of nitrogens with zero attached hydrogens (tertiary/aromatic N) is 4. The first-order chi connectivity index (χ1) is 6.35. The first-order valence-electron chi connectivity index (χ1n) is 3.64. The highest BCUT2D eigenvalue weighted by Gasteiger charge is 2.05. The monoisotopic (exact) mass is 212 g/mol. The molecule has 2 heterocycles. The molecular formula is C7H8N4S2. The Kier molecular flexibility index (Phi) is 2.41. The molecule has 0 aliphatic rings. The molecule has 0 spiro atoms. The van der Waals surface area contributed by atoms with Gasteiger partial charge in [0.15, 0.2) is 10.3 Å². The summed E-state index contributed by atoms with van der Waals surface area (Å²) in [6, 6.07) is 0. The third-order valence-corrected chi connectivity index (χ3v) is 2.78. The van der Waals surface area contributed by atoms with Crippen molar-refractivity contribution in [2.75, 3.05) is 12.5 Å². The number of fused-ring (bicyclic) bond motifs is 1. The number of hydrogen-bond acceptors (Lipinski definition) is 5. The van der Waals surface area contributed by atoms with Crippen LogP contribution in [0.15, 0.2) is 22.7 Å². The summed E-state index contributed by atoms with van der Waals surface area (Å²) in [6.45, 7) is 0. The molecule has 0 aliphatic carbocycles. The van der Waals surface area contributed by atoms with Gasteiger partial charge in [-0.1, -0.05) is 23.5 Å². The van der Waals surface area contributed by atoms with Gasteiger partial charge in [-0.2, -0.15) is 9.97 Å². The van der Waals surface area contributed by atoms with Crippen LogP contribution in [0.3, 0.4) is 0 Å². The first-order valence-corrected chi connectivity index (χ1v) is 6.09. The van der Waals surface area contributed by atoms with Crippen molar-refractivity contribution in [3.63, 3.8) is 0 Å². The Balaban J connectivity index is 2.70. The van der Waals surface area contributed by atoms with Gasteiger partial charge in [0.1, 0.15) is 0 Å². The molecule has 0 saturated carbocycles. The molecule has 2 aromatic rings. The van der Waals surface area contributed by atoms with Crippen LogP contribution in [-0.4, -0.2) is 31.9 Å². The lowest BCUT2D eigenvalue weighted by Gasteiger charge is -2.01. The van der Waals surface area contributed by atoms with E-state index >= 15 is 0 Å². The van der Waals surface area contributed by atoms with E-state index in [1.165, 1.54) is 11.8 Å². The number of thioether (sulfide) groups is 2. The Morgan fingerprint density at radius 1 is 1.23 bits per heavy atom. The van der Waals surface area contributed by atoms with Crippen LogP contribution < -0.4 is 0 Å². The van der Waals surface area contributed by atoms with Crippen LogP contribution in [0.2, 0.25) is 0 Å². The van der Waals surface area contributed by atoms with Gasteiger partial charge in [-0.15, -0.1) is 0 Å².